The summed E-state index contributed by atoms with van der Waals surface area (Å²) in [6.07, 6.45) is -1.24. The van der Waals surface area contributed by atoms with E-state index in [1.165, 1.54) is 42.5 Å². The Hall–Kier alpha value is -4.42. The molecular formula is C23H20F3N7O3. The molecule has 2 aromatic heterocycles. The van der Waals surface area contributed by atoms with E-state index in [2.05, 4.69) is 30.1 Å². The third-order valence-electron chi connectivity index (χ3n) is 5.85. The van der Waals surface area contributed by atoms with Gasteiger partial charge in [-0.2, -0.15) is 15.0 Å². The minimum absolute atomic E-state index is 0.0982. The molecule has 5 rings (SSSR count). The number of nitrogens with one attached hydrogen (secondary N) is 1. The molecule has 2 aromatic carbocycles. The van der Waals surface area contributed by atoms with Crippen LogP contribution in [0.1, 0.15) is 34.2 Å². The lowest BCUT2D eigenvalue weighted by Crippen LogP contribution is -2.46. The van der Waals surface area contributed by atoms with Crippen molar-refractivity contribution in [3.8, 4) is 28.6 Å². The topological polar surface area (TPSA) is 111 Å². The summed E-state index contributed by atoms with van der Waals surface area (Å²) in [6, 6.07) is 8.59. The Morgan fingerprint density at radius 3 is 2.53 bits per heavy atom. The smallest absolute Gasteiger partial charge is 0.496 e. The second kappa shape index (κ2) is 8.98. The summed E-state index contributed by atoms with van der Waals surface area (Å²) < 4.78 is 48.0. The van der Waals surface area contributed by atoms with Gasteiger partial charge in [-0.15, -0.1) is 23.4 Å². The van der Waals surface area contributed by atoms with E-state index < -0.39 is 18.2 Å². The zero-order valence-corrected chi connectivity index (χ0v) is 19.2. The summed E-state index contributed by atoms with van der Waals surface area (Å²) in [4.78, 5) is 19.5. The number of nitrogens with zero attached hydrogens (tertiary/aromatic N) is 6. The summed E-state index contributed by atoms with van der Waals surface area (Å²) in [7, 11) is 1.52. The van der Waals surface area contributed by atoms with Gasteiger partial charge in [0.2, 0.25) is 0 Å². The van der Waals surface area contributed by atoms with Crippen LogP contribution < -0.4 is 9.47 Å². The van der Waals surface area contributed by atoms with Crippen molar-refractivity contribution in [3.63, 3.8) is 0 Å². The molecule has 1 fully saturated rings. The van der Waals surface area contributed by atoms with Gasteiger partial charge in [-0.25, -0.2) is 0 Å². The molecule has 1 atom stereocenters. The summed E-state index contributed by atoms with van der Waals surface area (Å²) in [5.74, 6) is 0.286. The maximum atomic E-state index is 13.6. The molecule has 10 nitrogen and oxygen atoms in total. The minimum Gasteiger partial charge on any atom is -0.496 e. The number of amides is 1. The highest BCUT2D eigenvalue weighted by atomic mass is 19.4. The molecule has 0 bridgehead atoms. The number of aromatic nitrogens is 6. The van der Waals surface area contributed by atoms with Crippen LogP contribution in [0.2, 0.25) is 0 Å². The van der Waals surface area contributed by atoms with Crippen LogP contribution in [0.5, 0.6) is 11.5 Å². The van der Waals surface area contributed by atoms with E-state index in [-0.39, 0.29) is 17.3 Å². The van der Waals surface area contributed by atoms with Crippen LogP contribution in [-0.4, -0.2) is 61.0 Å². The molecule has 1 amide bonds. The predicted octanol–water partition coefficient (Wildman–Crippen LogP) is 3.86. The number of halogens is 3. The van der Waals surface area contributed by atoms with Gasteiger partial charge in [0.25, 0.3) is 5.91 Å². The molecule has 0 spiro atoms. The van der Waals surface area contributed by atoms with E-state index in [4.69, 9.17) is 4.74 Å². The van der Waals surface area contributed by atoms with Crippen molar-refractivity contribution in [1.29, 1.82) is 0 Å². The fourth-order valence-electron chi connectivity index (χ4n) is 4.06. The first-order chi connectivity index (χ1) is 17.2. The number of alkyl halides is 3. The third-order valence-corrected chi connectivity index (χ3v) is 5.85. The predicted molar refractivity (Wildman–Crippen MR) is 120 cm³/mol. The minimum atomic E-state index is -4.85. The van der Waals surface area contributed by atoms with Gasteiger partial charge in [0, 0.05) is 6.54 Å². The molecule has 0 saturated carbocycles. The van der Waals surface area contributed by atoms with E-state index in [1.54, 1.807) is 23.1 Å². The lowest BCUT2D eigenvalue weighted by atomic mass is 9.99. The maximum Gasteiger partial charge on any atom is 0.573 e. The van der Waals surface area contributed by atoms with E-state index in [9.17, 15) is 18.0 Å². The van der Waals surface area contributed by atoms with E-state index in [0.29, 0.717) is 35.8 Å². The van der Waals surface area contributed by atoms with Crippen molar-refractivity contribution in [2.24, 2.45) is 0 Å². The van der Waals surface area contributed by atoms with Gasteiger partial charge < -0.3 is 19.4 Å². The zero-order valence-electron chi connectivity index (χ0n) is 19.2. The molecule has 1 N–H and O–H groups in total. The number of carbonyl (C=O) groups is 1. The average molecular weight is 499 g/mol. The number of methoxy groups -OCH3 is 1. The number of hydrogen-bond acceptors (Lipinski definition) is 7. The van der Waals surface area contributed by atoms with Gasteiger partial charge in [-0.1, -0.05) is 12.1 Å². The molecule has 0 radical (unpaired) electrons. The monoisotopic (exact) mass is 499 g/mol. The fourth-order valence-corrected chi connectivity index (χ4v) is 4.06. The van der Waals surface area contributed by atoms with E-state index in [1.807, 2.05) is 6.92 Å². The average Bonchev–Trinajstić information content (AvgIpc) is 3.50. The van der Waals surface area contributed by atoms with Crippen molar-refractivity contribution in [1.82, 2.24) is 35.1 Å². The number of benzene rings is 2. The fraction of sp³-hybridized carbons (Fsp3) is 0.261. The van der Waals surface area contributed by atoms with Crippen molar-refractivity contribution in [2.75, 3.05) is 13.7 Å². The second-order valence-corrected chi connectivity index (χ2v) is 8.06. The number of para-hydroxylation sites is 1. The van der Waals surface area contributed by atoms with Crippen LogP contribution in [0.3, 0.4) is 0 Å². The van der Waals surface area contributed by atoms with Gasteiger partial charge in [0.1, 0.15) is 11.5 Å². The van der Waals surface area contributed by atoms with E-state index in [0.717, 1.165) is 5.56 Å². The summed E-state index contributed by atoms with van der Waals surface area (Å²) in [5, 5.41) is 16.4. The van der Waals surface area contributed by atoms with Crippen LogP contribution in [0.25, 0.3) is 17.1 Å². The highest BCUT2D eigenvalue weighted by Crippen LogP contribution is 2.37. The van der Waals surface area contributed by atoms with Gasteiger partial charge in [0.15, 0.2) is 11.6 Å². The van der Waals surface area contributed by atoms with Crippen LogP contribution in [0, 0.1) is 6.92 Å². The SMILES string of the molecule is COc1cc(C(=O)N2CCC2c2nnc(-c3ccccc3OC(F)(F)F)[nH]2)c(-n2nccn2)cc1C. The third kappa shape index (κ3) is 4.34. The van der Waals surface area contributed by atoms with E-state index >= 15 is 0 Å². The molecule has 36 heavy (non-hydrogen) atoms. The van der Waals surface area contributed by atoms with Crippen LogP contribution in [0.15, 0.2) is 48.8 Å². The first-order valence-electron chi connectivity index (χ1n) is 10.9. The molecule has 4 aromatic rings. The molecule has 0 aliphatic carbocycles. The molecule has 1 saturated heterocycles. The van der Waals surface area contributed by atoms with Crippen molar-refractivity contribution in [3.05, 3.63) is 65.7 Å². The van der Waals surface area contributed by atoms with Gasteiger partial charge in [-0.05, 0) is 43.2 Å². The number of ether oxygens (including phenoxy) is 2. The van der Waals surface area contributed by atoms with Gasteiger partial charge in [0.05, 0.1) is 42.4 Å². The molecule has 13 heteroatoms. The number of rotatable bonds is 6. The number of aryl methyl sites for hydroxylation is 1. The Bertz CT molecular complexity index is 1400. The van der Waals surface area contributed by atoms with Crippen LogP contribution in [0.4, 0.5) is 13.2 Å². The van der Waals surface area contributed by atoms with Crippen molar-refractivity contribution >= 4 is 5.91 Å². The number of aromatic amines is 1. The number of likely N-dealkylation sites (tertiary alicyclic amines) is 1. The Kier molecular flexibility index (Phi) is 5.82. The first-order valence-corrected chi connectivity index (χ1v) is 10.9. The standard InChI is InChI=1S/C23H20F3N7O3/c1-13-11-17(33-27-8-9-28-33)15(12-19(13)35-2)22(34)32-10-7-16(32)21-29-20(30-31-21)14-5-3-4-6-18(14)36-23(24,25)26/h3-6,8-9,11-12,16H,7,10H2,1-2H3,(H,29,30,31). The molecular weight excluding hydrogens is 479 g/mol. The molecule has 1 aliphatic heterocycles. The van der Waals surface area contributed by atoms with Crippen LogP contribution >= 0.6 is 0 Å². The van der Waals surface area contributed by atoms with Gasteiger partial charge >= 0.3 is 6.36 Å². The lowest BCUT2D eigenvalue weighted by molar-refractivity contribution is -0.274. The molecule has 3 heterocycles. The summed E-state index contributed by atoms with van der Waals surface area (Å²) in [5.41, 5.74) is 1.73. The largest absolute Gasteiger partial charge is 0.573 e. The summed E-state index contributed by atoms with van der Waals surface area (Å²) >= 11 is 0. The number of hydrogen-bond donors (Lipinski definition) is 1. The normalized spacial score (nSPS) is 15.5. The number of carbonyl (C=O) groups excluding carboxylic acids is 1. The highest BCUT2D eigenvalue weighted by molar-refractivity contribution is 5.99. The Labute approximate surface area is 202 Å². The lowest BCUT2D eigenvalue weighted by Gasteiger charge is -2.39. The van der Waals surface area contributed by atoms with Crippen molar-refractivity contribution < 1.29 is 27.4 Å². The second-order valence-electron chi connectivity index (χ2n) is 8.06. The molecule has 1 aliphatic rings. The summed E-state index contributed by atoms with van der Waals surface area (Å²) in [6.45, 7) is 2.30. The Balaban J connectivity index is 1.44. The number of H-pyrrole nitrogens is 1. The first kappa shape index (κ1) is 23.3. The zero-order chi connectivity index (χ0) is 25.4. The van der Waals surface area contributed by atoms with Crippen LogP contribution in [-0.2, 0) is 0 Å². The molecule has 1 unspecified atom stereocenters. The van der Waals surface area contributed by atoms with Crippen molar-refractivity contribution in [2.45, 2.75) is 25.7 Å². The maximum absolute atomic E-state index is 13.6. The van der Waals surface area contributed by atoms with Gasteiger partial charge in [-0.3, -0.25) is 4.79 Å². The quantitative estimate of drug-likeness (QED) is 0.429. The molecule has 186 valence electrons. The Morgan fingerprint density at radius 1 is 1.11 bits per heavy atom. The highest BCUT2D eigenvalue weighted by Gasteiger charge is 2.38. The Morgan fingerprint density at radius 2 is 1.86 bits per heavy atom.